The Hall–Kier alpha value is -1.22. The van der Waals surface area contributed by atoms with Gasteiger partial charge >= 0.3 is 0 Å². The van der Waals surface area contributed by atoms with E-state index in [0.717, 1.165) is 27.4 Å². The van der Waals surface area contributed by atoms with Crippen LogP contribution in [0.25, 0.3) is 11.0 Å². The van der Waals surface area contributed by atoms with Crippen LogP contribution in [0.15, 0.2) is 42.5 Å². The first-order valence-electron chi connectivity index (χ1n) is 6.63. The second-order valence-corrected chi connectivity index (χ2v) is 5.94. The van der Waals surface area contributed by atoms with Crippen LogP contribution in [0.3, 0.4) is 0 Å². The molecule has 108 valence electrons. The molecule has 0 bridgehead atoms. The molecule has 2 aromatic carbocycles. The maximum Gasteiger partial charge on any atom is 0.111 e. The molecule has 0 saturated carbocycles. The Bertz CT molecular complexity index is 780. The molecule has 3 aromatic rings. The number of aryl methyl sites for hydroxylation is 1. The second kappa shape index (κ2) is 6.27. The van der Waals surface area contributed by atoms with Crippen LogP contribution in [0.4, 0.5) is 0 Å². The molecule has 0 aliphatic carbocycles. The minimum atomic E-state index is 0.517. The topological polar surface area (TPSA) is 17.8 Å². The van der Waals surface area contributed by atoms with Crippen molar-refractivity contribution in [2.45, 2.75) is 13.0 Å². The highest BCUT2D eigenvalue weighted by molar-refractivity contribution is 6.35. The zero-order valence-electron chi connectivity index (χ0n) is 11.2. The van der Waals surface area contributed by atoms with Gasteiger partial charge in [-0.2, -0.15) is 0 Å². The Morgan fingerprint density at radius 1 is 0.952 bits per heavy atom. The maximum absolute atomic E-state index is 6.35. The summed E-state index contributed by atoms with van der Waals surface area (Å²) >= 11 is 18.5. The fourth-order valence-corrected chi connectivity index (χ4v) is 3.07. The Labute approximate surface area is 138 Å². The number of halogens is 3. The summed E-state index contributed by atoms with van der Waals surface area (Å²) in [6.45, 7) is 0.631. The first kappa shape index (κ1) is 14.7. The molecule has 0 aliphatic heterocycles. The molecule has 21 heavy (non-hydrogen) atoms. The van der Waals surface area contributed by atoms with Gasteiger partial charge in [0.05, 0.1) is 22.6 Å². The second-order valence-electron chi connectivity index (χ2n) is 4.75. The van der Waals surface area contributed by atoms with Crippen molar-refractivity contribution in [2.75, 3.05) is 5.88 Å². The molecule has 0 radical (unpaired) electrons. The monoisotopic (exact) mass is 338 g/mol. The number of hydrogen-bond acceptors (Lipinski definition) is 1. The van der Waals surface area contributed by atoms with E-state index in [1.807, 2.05) is 42.5 Å². The third kappa shape index (κ3) is 2.89. The van der Waals surface area contributed by atoms with Gasteiger partial charge in [-0.1, -0.05) is 47.5 Å². The number of imidazole rings is 1. The van der Waals surface area contributed by atoms with E-state index in [4.69, 9.17) is 34.8 Å². The number of para-hydroxylation sites is 1. The minimum absolute atomic E-state index is 0.517. The van der Waals surface area contributed by atoms with Crippen LogP contribution in [0.5, 0.6) is 0 Å². The lowest BCUT2D eigenvalue weighted by Gasteiger charge is -2.11. The average Bonchev–Trinajstić information content (AvgIpc) is 2.81. The number of aromatic nitrogens is 2. The van der Waals surface area contributed by atoms with Crippen LogP contribution in [-0.4, -0.2) is 15.4 Å². The van der Waals surface area contributed by atoms with Gasteiger partial charge in [0.2, 0.25) is 0 Å². The Morgan fingerprint density at radius 3 is 2.48 bits per heavy atom. The molecule has 0 N–H and O–H groups in total. The summed E-state index contributed by atoms with van der Waals surface area (Å²) in [4.78, 5) is 4.64. The lowest BCUT2D eigenvalue weighted by Crippen LogP contribution is -2.06. The van der Waals surface area contributed by atoms with Crippen LogP contribution in [-0.2, 0) is 13.0 Å². The van der Waals surface area contributed by atoms with Gasteiger partial charge in [-0.3, -0.25) is 0 Å². The van der Waals surface area contributed by atoms with E-state index in [-0.39, 0.29) is 0 Å². The van der Waals surface area contributed by atoms with Crippen molar-refractivity contribution in [1.82, 2.24) is 9.55 Å². The largest absolute Gasteiger partial charge is 0.322 e. The molecule has 0 amide bonds. The van der Waals surface area contributed by atoms with Gasteiger partial charge in [-0.05, 0) is 23.8 Å². The molecule has 3 rings (SSSR count). The molecule has 0 unspecified atom stereocenters. The number of fused-ring (bicyclic) bond motifs is 1. The lowest BCUT2D eigenvalue weighted by atomic mass is 10.2. The minimum Gasteiger partial charge on any atom is -0.322 e. The van der Waals surface area contributed by atoms with Crippen molar-refractivity contribution >= 4 is 45.8 Å². The van der Waals surface area contributed by atoms with Gasteiger partial charge < -0.3 is 4.57 Å². The SMILES string of the molecule is ClCCc1nc2cccc(Cl)c2n1Cc1ccccc1Cl. The molecule has 5 heteroatoms. The van der Waals surface area contributed by atoms with E-state index < -0.39 is 0 Å². The molecule has 1 aromatic heterocycles. The van der Waals surface area contributed by atoms with Gasteiger partial charge in [0.15, 0.2) is 0 Å². The summed E-state index contributed by atoms with van der Waals surface area (Å²) in [5, 5.41) is 1.43. The van der Waals surface area contributed by atoms with E-state index in [0.29, 0.717) is 23.9 Å². The third-order valence-electron chi connectivity index (χ3n) is 3.40. The van der Waals surface area contributed by atoms with Crippen molar-refractivity contribution in [2.24, 2.45) is 0 Å². The molecule has 2 nitrogen and oxygen atoms in total. The number of hydrogen-bond donors (Lipinski definition) is 0. The predicted octanol–water partition coefficient (Wildman–Crippen LogP) is 5.17. The Morgan fingerprint density at radius 2 is 1.71 bits per heavy atom. The highest BCUT2D eigenvalue weighted by Gasteiger charge is 2.14. The van der Waals surface area contributed by atoms with Crippen LogP contribution in [0.2, 0.25) is 10.0 Å². The lowest BCUT2D eigenvalue weighted by molar-refractivity contribution is 0.755. The fourth-order valence-electron chi connectivity index (χ4n) is 2.43. The Kier molecular flexibility index (Phi) is 4.39. The zero-order valence-corrected chi connectivity index (χ0v) is 13.5. The van der Waals surface area contributed by atoms with E-state index in [1.165, 1.54) is 0 Å². The summed E-state index contributed by atoms with van der Waals surface area (Å²) in [5.41, 5.74) is 2.85. The molecule has 1 heterocycles. The van der Waals surface area contributed by atoms with E-state index in [1.54, 1.807) is 0 Å². The van der Waals surface area contributed by atoms with Crippen LogP contribution >= 0.6 is 34.8 Å². The van der Waals surface area contributed by atoms with Gasteiger partial charge in [0.1, 0.15) is 5.82 Å². The summed E-state index contributed by atoms with van der Waals surface area (Å²) in [5.74, 6) is 1.44. The highest BCUT2D eigenvalue weighted by atomic mass is 35.5. The summed E-state index contributed by atoms with van der Waals surface area (Å²) in [6.07, 6.45) is 0.691. The molecule has 0 fully saturated rings. The number of nitrogens with zero attached hydrogens (tertiary/aromatic N) is 2. The van der Waals surface area contributed by atoms with Crippen molar-refractivity contribution in [1.29, 1.82) is 0 Å². The van der Waals surface area contributed by atoms with Crippen molar-refractivity contribution in [3.05, 3.63) is 63.9 Å². The van der Waals surface area contributed by atoms with Crippen molar-refractivity contribution in [3.8, 4) is 0 Å². The van der Waals surface area contributed by atoms with Crippen LogP contribution in [0, 0.1) is 0 Å². The molecule has 0 aliphatic rings. The zero-order chi connectivity index (χ0) is 14.8. The molecular weight excluding hydrogens is 327 g/mol. The average molecular weight is 340 g/mol. The number of alkyl halides is 1. The quantitative estimate of drug-likeness (QED) is 0.599. The van der Waals surface area contributed by atoms with E-state index in [9.17, 15) is 0 Å². The van der Waals surface area contributed by atoms with Crippen molar-refractivity contribution in [3.63, 3.8) is 0 Å². The Balaban J connectivity index is 2.15. The van der Waals surface area contributed by atoms with Gasteiger partial charge in [0, 0.05) is 17.3 Å². The van der Waals surface area contributed by atoms with Crippen LogP contribution < -0.4 is 0 Å². The predicted molar refractivity (Wildman–Crippen MR) is 89.7 cm³/mol. The number of benzene rings is 2. The fraction of sp³-hybridized carbons (Fsp3) is 0.188. The summed E-state index contributed by atoms with van der Waals surface area (Å²) in [6, 6.07) is 13.5. The van der Waals surface area contributed by atoms with Crippen LogP contribution in [0.1, 0.15) is 11.4 Å². The first-order valence-corrected chi connectivity index (χ1v) is 7.92. The highest BCUT2D eigenvalue weighted by Crippen LogP contribution is 2.27. The van der Waals surface area contributed by atoms with E-state index in [2.05, 4.69) is 9.55 Å². The molecule has 0 spiro atoms. The standard InChI is InChI=1S/C16H13Cl3N2/c17-9-8-15-20-14-7-3-6-13(19)16(14)21(15)10-11-4-1-2-5-12(11)18/h1-7H,8-10H2. The smallest absolute Gasteiger partial charge is 0.111 e. The first-order chi connectivity index (χ1) is 10.2. The normalized spacial score (nSPS) is 11.2. The third-order valence-corrected chi connectivity index (χ3v) is 4.26. The summed E-state index contributed by atoms with van der Waals surface area (Å²) in [7, 11) is 0. The maximum atomic E-state index is 6.35. The molecule has 0 saturated heterocycles. The van der Waals surface area contributed by atoms with Gasteiger partial charge in [-0.25, -0.2) is 4.98 Å². The molecular formula is C16H13Cl3N2. The van der Waals surface area contributed by atoms with Gasteiger partial charge in [-0.15, -0.1) is 11.6 Å². The van der Waals surface area contributed by atoms with Gasteiger partial charge in [0.25, 0.3) is 0 Å². The summed E-state index contributed by atoms with van der Waals surface area (Å²) < 4.78 is 2.10. The number of rotatable bonds is 4. The van der Waals surface area contributed by atoms with Crippen molar-refractivity contribution < 1.29 is 0 Å². The molecule has 0 atom stereocenters. The van der Waals surface area contributed by atoms with E-state index >= 15 is 0 Å².